The summed E-state index contributed by atoms with van der Waals surface area (Å²) in [5.74, 6) is -1.37. The highest BCUT2D eigenvalue weighted by Gasteiger charge is 2.61. The third-order valence-corrected chi connectivity index (χ3v) is 4.57. The van der Waals surface area contributed by atoms with Gasteiger partial charge in [-0.05, 0) is 25.1 Å². The van der Waals surface area contributed by atoms with Crippen LogP contribution in [0.25, 0.3) is 0 Å². The minimum Gasteiger partial charge on any atom is -0.371 e. The summed E-state index contributed by atoms with van der Waals surface area (Å²) in [7, 11) is 0. The minimum absolute atomic E-state index is 0.394. The number of alkyl halides is 3. The van der Waals surface area contributed by atoms with E-state index in [9.17, 15) is 18.3 Å². The first-order chi connectivity index (χ1) is 10.7. The summed E-state index contributed by atoms with van der Waals surface area (Å²) < 4.78 is 39.1. The quantitative estimate of drug-likeness (QED) is 0.803. The molecule has 0 aliphatic carbocycles. The van der Waals surface area contributed by atoms with E-state index in [0.717, 1.165) is 6.07 Å². The maximum atomic E-state index is 13.0. The van der Waals surface area contributed by atoms with Gasteiger partial charge in [-0.3, -0.25) is 0 Å². The normalized spacial score (nSPS) is 26.7. The van der Waals surface area contributed by atoms with Gasteiger partial charge in [0.2, 0.25) is 5.79 Å². The zero-order chi connectivity index (χ0) is 16.9. The maximum absolute atomic E-state index is 13.0. The van der Waals surface area contributed by atoms with Crippen LogP contribution in [0.1, 0.15) is 30.9 Å². The molecule has 0 aromatic heterocycles. The van der Waals surface area contributed by atoms with Crippen LogP contribution in [0, 0.1) is 11.3 Å². The number of nitriles is 1. The van der Waals surface area contributed by atoms with Crippen LogP contribution in [-0.2, 0) is 16.0 Å². The molecule has 2 aliphatic rings. The lowest BCUT2D eigenvalue weighted by atomic mass is 9.82. The van der Waals surface area contributed by atoms with Gasteiger partial charge in [-0.15, -0.1) is 0 Å². The van der Waals surface area contributed by atoms with Gasteiger partial charge in [0.15, 0.2) is 5.60 Å². The molecule has 8 heteroatoms. The first kappa shape index (κ1) is 16.1. The Morgan fingerprint density at radius 1 is 1.26 bits per heavy atom. The lowest BCUT2D eigenvalue weighted by molar-refractivity contribution is -0.603. The third-order valence-electron chi connectivity index (χ3n) is 4.57. The van der Waals surface area contributed by atoms with Crippen molar-refractivity contribution >= 4 is 5.69 Å². The lowest BCUT2D eigenvalue weighted by Gasteiger charge is -2.54. The molecule has 1 aromatic carbocycles. The van der Waals surface area contributed by atoms with E-state index >= 15 is 0 Å². The van der Waals surface area contributed by atoms with Crippen LogP contribution in [-0.4, -0.2) is 29.6 Å². The SMILES string of the molecule is CC1(O)OOC12CCN(c1ccc(C#N)c(C(F)(F)F)c1)CC2. The van der Waals surface area contributed by atoms with E-state index < -0.39 is 28.7 Å². The van der Waals surface area contributed by atoms with Crippen molar-refractivity contribution in [3.05, 3.63) is 29.3 Å². The summed E-state index contributed by atoms with van der Waals surface area (Å²) >= 11 is 0. The highest BCUT2D eigenvalue weighted by Crippen LogP contribution is 2.46. The first-order valence-electron chi connectivity index (χ1n) is 7.14. The van der Waals surface area contributed by atoms with Gasteiger partial charge >= 0.3 is 6.18 Å². The van der Waals surface area contributed by atoms with Crippen molar-refractivity contribution in [2.24, 2.45) is 0 Å². The highest BCUT2D eigenvalue weighted by atomic mass is 19.4. The largest absolute Gasteiger partial charge is 0.417 e. The Labute approximate surface area is 130 Å². The Hall–Kier alpha value is -1.82. The Morgan fingerprint density at radius 3 is 2.35 bits per heavy atom. The van der Waals surface area contributed by atoms with Crippen LogP contribution >= 0.6 is 0 Å². The van der Waals surface area contributed by atoms with Crippen molar-refractivity contribution < 1.29 is 28.1 Å². The van der Waals surface area contributed by atoms with Crippen molar-refractivity contribution in [2.45, 2.75) is 37.3 Å². The fourth-order valence-corrected chi connectivity index (χ4v) is 3.01. The highest BCUT2D eigenvalue weighted by molar-refractivity contribution is 5.55. The second-order valence-electron chi connectivity index (χ2n) is 5.97. The molecular weight excluding hydrogens is 313 g/mol. The van der Waals surface area contributed by atoms with Crippen molar-refractivity contribution in [3.8, 4) is 6.07 Å². The molecule has 0 radical (unpaired) electrons. The number of rotatable bonds is 1. The van der Waals surface area contributed by atoms with Gasteiger partial charge in [0.25, 0.3) is 0 Å². The Bertz CT molecular complexity index is 659. The third kappa shape index (κ3) is 2.55. The molecule has 1 N–H and O–H groups in total. The maximum Gasteiger partial charge on any atom is 0.417 e. The van der Waals surface area contributed by atoms with Gasteiger partial charge in [0.05, 0.1) is 17.2 Å². The zero-order valence-corrected chi connectivity index (χ0v) is 12.4. The Morgan fingerprint density at radius 2 is 1.91 bits per heavy atom. The van der Waals surface area contributed by atoms with E-state index in [1.807, 2.05) is 0 Å². The van der Waals surface area contributed by atoms with Gasteiger partial charge in [-0.25, -0.2) is 4.89 Å². The number of halogens is 3. The van der Waals surface area contributed by atoms with Crippen molar-refractivity contribution in [1.29, 1.82) is 5.26 Å². The number of hydrogen-bond donors (Lipinski definition) is 1. The van der Waals surface area contributed by atoms with E-state index in [1.165, 1.54) is 19.1 Å². The zero-order valence-electron chi connectivity index (χ0n) is 12.4. The molecule has 0 saturated carbocycles. The van der Waals surface area contributed by atoms with Gasteiger partial charge in [-0.1, -0.05) is 0 Å². The van der Waals surface area contributed by atoms with Crippen LogP contribution in [0.4, 0.5) is 18.9 Å². The fourth-order valence-electron chi connectivity index (χ4n) is 3.01. The summed E-state index contributed by atoms with van der Waals surface area (Å²) in [6.45, 7) is 2.35. The van der Waals surface area contributed by atoms with Crippen LogP contribution in [0.15, 0.2) is 18.2 Å². The topological polar surface area (TPSA) is 65.7 Å². The van der Waals surface area contributed by atoms with E-state index in [1.54, 1.807) is 11.0 Å². The number of aliphatic hydroxyl groups is 1. The van der Waals surface area contributed by atoms with Crippen molar-refractivity contribution in [3.63, 3.8) is 0 Å². The molecule has 2 fully saturated rings. The number of benzene rings is 1. The molecule has 0 bridgehead atoms. The first-order valence-corrected chi connectivity index (χ1v) is 7.14. The Balaban J connectivity index is 1.81. The summed E-state index contributed by atoms with van der Waals surface area (Å²) in [4.78, 5) is 11.5. The number of anilines is 1. The monoisotopic (exact) mass is 328 g/mol. The lowest BCUT2D eigenvalue weighted by Crippen LogP contribution is -2.68. The average Bonchev–Trinajstić information content (AvgIpc) is 2.52. The molecule has 1 unspecified atom stereocenters. The summed E-state index contributed by atoms with van der Waals surface area (Å²) in [5, 5.41) is 18.8. The fraction of sp³-hybridized carbons (Fsp3) is 0.533. The molecule has 23 heavy (non-hydrogen) atoms. The minimum atomic E-state index is -4.58. The molecule has 2 heterocycles. The Kier molecular flexibility index (Phi) is 3.55. The van der Waals surface area contributed by atoms with Crippen molar-refractivity contribution in [1.82, 2.24) is 0 Å². The van der Waals surface area contributed by atoms with Crippen LogP contribution < -0.4 is 4.90 Å². The predicted molar refractivity (Wildman–Crippen MR) is 73.1 cm³/mol. The summed E-state index contributed by atoms with van der Waals surface area (Å²) in [6.07, 6.45) is -3.71. The smallest absolute Gasteiger partial charge is 0.371 e. The molecule has 0 amide bonds. The second-order valence-corrected chi connectivity index (χ2v) is 5.97. The molecule has 2 aliphatic heterocycles. The van der Waals surface area contributed by atoms with Crippen molar-refractivity contribution in [2.75, 3.05) is 18.0 Å². The molecular formula is C15H15F3N2O3. The molecule has 3 rings (SSSR count). The van der Waals surface area contributed by atoms with Crippen LogP contribution in [0.3, 0.4) is 0 Å². The molecule has 2 saturated heterocycles. The van der Waals surface area contributed by atoms with E-state index in [-0.39, 0.29) is 0 Å². The molecule has 1 atom stereocenters. The van der Waals surface area contributed by atoms with E-state index in [4.69, 9.17) is 15.0 Å². The average molecular weight is 328 g/mol. The standard InChI is InChI=1S/C15H15F3N2O3/c1-13(21)14(23-22-13)4-6-20(7-5-14)11-3-2-10(9-19)12(8-11)15(16,17)18/h2-3,8,21H,4-7H2,1H3. The number of nitrogens with zero attached hydrogens (tertiary/aromatic N) is 2. The molecule has 1 aromatic rings. The molecule has 5 nitrogen and oxygen atoms in total. The van der Waals surface area contributed by atoms with Gasteiger partial charge in [-0.2, -0.15) is 23.3 Å². The summed E-state index contributed by atoms with van der Waals surface area (Å²) in [6, 6.07) is 5.24. The van der Waals surface area contributed by atoms with Gasteiger partial charge < -0.3 is 10.0 Å². The second kappa shape index (κ2) is 5.09. The van der Waals surface area contributed by atoms with Gasteiger partial charge in [0.1, 0.15) is 0 Å². The summed E-state index contributed by atoms with van der Waals surface area (Å²) in [5.41, 5.74) is -1.74. The number of hydrogen-bond acceptors (Lipinski definition) is 5. The van der Waals surface area contributed by atoms with E-state index in [0.29, 0.717) is 31.6 Å². The van der Waals surface area contributed by atoms with Gasteiger partial charge in [0, 0.05) is 31.6 Å². The van der Waals surface area contributed by atoms with E-state index in [2.05, 4.69) is 0 Å². The predicted octanol–water partition coefficient (Wildman–Crippen LogP) is 2.59. The van der Waals surface area contributed by atoms with Crippen LogP contribution in [0.2, 0.25) is 0 Å². The number of piperidine rings is 1. The molecule has 1 spiro atoms. The van der Waals surface area contributed by atoms with Crippen LogP contribution in [0.5, 0.6) is 0 Å². The molecule has 124 valence electrons.